The Morgan fingerprint density at radius 3 is 2.27 bits per heavy atom. The van der Waals surface area contributed by atoms with E-state index in [1.54, 1.807) is 0 Å². The third kappa shape index (κ3) is 2.13. The molecule has 9 heteroatoms. The zero-order valence-electron chi connectivity index (χ0n) is 7.31. The van der Waals surface area contributed by atoms with Crippen molar-refractivity contribution in [2.24, 2.45) is 5.14 Å². The van der Waals surface area contributed by atoms with E-state index in [0.717, 1.165) is 6.20 Å². The molecule has 6 N–H and O–H groups in total. The van der Waals surface area contributed by atoms with Crippen molar-refractivity contribution >= 4 is 21.4 Å². The van der Waals surface area contributed by atoms with E-state index in [1.165, 1.54) is 0 Å². The fourth-order valence-corrected chi connectivity index (χ4v) is 1.85. The van der Waals surface area contributed by atoms with E-state index in [2.05, 4.69) is 4.98 Å². The van der Waals surface area contributed by atoms with Crippen molar-refractivity contribution in [3.8, 4) is 0 Å². The quantitative estimate of drug-likeness (QED) is 0.659. The number of halogens is 2. The first kappa shape index (κ1) is 11.6. The largest absolute Gasteiger partial charge is 0.396 e. The van der Waals surface area contributed by atoms with Crippen molar-refractivity contribution in [3.05, 3.63) is 11.9 Å². The summed E-state index contributed by atoms with van der Waals surface area (Å²) in [6, 6.07) is 0. The molecule has 84 valence electrons. The summed E-state index contributed by atoms with van der Waals surface area (Å²) in [6.07, 6.45) is -2.24. The van der Waals surface area contributed by atoms with Crippen LogP contribution in [0, 0.1) is 0 Å². The number of primary sulfonamides is 1. The smallest absolute Gasteiger partial charge is 0.281 e. The molecule has 0 aliphatic heterocycles. The first-order valence-corrected chi connectivity index (χ1v) is 5.14. The number of sulfonamides is 1. The minimum atomic E-state index is -4.38. The van der Waals surface area contributed by atoms with Crippen LogP contribution in [0.2, 0.25) is 0 Å². The van der Waals surface area contributed by atoms with Crippen LogP contribution in [-0.4, -0.2) is 13.4 Å². The molecule has 1 aromatic rings. The number of nitrogens with zero attached hydrogens (tertiary/aromatic N) is 1. The standard InChI is InChI=1S/C6H8F2N4O2S/c7-6(8)4-5(15(11,13)14)3(10)2(9)1-12-4/h1,6H,9H2,(H2,10,12)(H2,11,13,14). The third-order valence-corrected chi connectivity index (χ3v) is 2.62. The molecule has 0 spiro atoms. The number of pyridine rings is 1. The number of alkyl halides is 2. The van der Waals surface area contributed by atoms with Crippen LogP contribution in [0.3, 0.4) is 0 Å². The summed E-state index contributed by atoms with van der Waals surface area (Å²) in [5, 5.41) is 4.73. The first-order chi connectivity index (χ1) is 6.75. The number of aromatic nitrogens is 1. The SMILES string of the molecule is Nc1cnc(C(F)F)c(S(N)(=O)=O)c1N. The fourth-order valence-electron chi connectivity index (χ4n) is 0.991. The summed E-state index contributed by atoms with van der Waals surface area (Å²) in [6.45, 7) is 0. The monoisotopic (exact) mass is 238 g/mol. The normalized spacial score (nSPS) is 12.0. The molecule has 0 unspecified atom stereocenters. The molecule has 0 saturated heterocycles. The number of nitrogens with two attached hydrogens (primary N) is 3. The van der Waals surface area contributed by atoms with E-state index in [1.807, 2.05) is 0 Å². The lowest BCUT2D eigenvalue weighted by Crippen LogP contribution is -2.19. The third-order valence-electron chi connectivity index (χ3n) is 1.62. The van der Waals surface area contributed by atoms with Gasteiger partial charge in [0.05, 0.1) is 17.6 Å². The van der Waals surface area contributed by atoms with Crippen LogP contribution in [0.1, 0.15) is 12.1 Å². The highest BCUT2D eigenvalue weighted by atomic mass is 32.2. The minimum Gasteiger partial charge on any atom is -0.396 e. The Balaban J connectivity index is 3.65. The van der Waals surface area contributed by atoms with Crippen LogP contribution in [-0.2, 0) is 10.0 Å². The highest BCUT2D eigenvalue weighted by Gasteiger charge is 2.26. The lowest BCUT2D eigenvalue weighted by Gasteiger charge is -2.10. The number of hydrogen-bond donors (Lipinski definition) is 3. The number of anilines is 2. The number of hydrogen-bond acceptors (Lipinski definition) is 5. The summed E-state index contributed by atoms with van der Waals surface area (Å²) in [4.78, 5) is 2.27. The Bertz CT molecular complexity index is 488. The van der Waals surface area contributed by atoms with E-state index < -0.39 is 32.7 Å². The van der Waals surface area contributed by atoms with Crippen molar-refractivity contribution < 1.29 is 17.2 Å². The van der Waals surface area contributed by atoms with Gasteiger partial charge in [-0.1, -0.05) is 0 Å². The predicted octanol–water partition coefficient (Wildman–Crippen LogP) is -0.169. The second-order valence-corrected chi connectivity index (χ2v) is 4.19. The molecule has 0 fully saturated rings. The van der Waals surface area contributed by atoms with Crippen molar-refractivity contribution in [3.63, 3.8) is 0 Å². The van der Waals surface area contributed by atoms with Gasteiger partial charge in [-0.2, -0.15) is 0 Å². The average molecular weight is 238 g/mol. The Morgan fingerprint density at radius 2 is 1.87 bits per heavy atom. The van der Waals surface area contributed by atoms with Gasteiger partial charge >= 0.3 is 0 Å². The zero-order chi connectivity index (χ0) is 11.8. The molecular formula is C6H8F2N4O2S. The molecule has 0 bridgehead atoms. The second-order valence-electron chi connectivity index (χ2n) is 2.69. The molecule has 1 rings (SSSR count). The van der Waals surface area contributed by atoms with Gasteiger partial charge in [-0.05, 0) is 0 Å². The van der Waals surface area contributed by atoms with E-state index in [9.17, 15) is 17.2 Å². The highest BCUT2D eigenvalue weighted by Crippen LogP contribution is 2.31. The lowest BCUT2D eigenvalue weighted by atomic mass is 10.3. The summed E-state index contributed by atoms with van der Waals surface area (Å²) < 4.78 is 46.8. The molecule has 0 aromatic carbocycles. The Morgan fingerprint density at radius 1 is 1.33 bits per heavy atom. The molecule has 0 aliphatic rings. The van der Waals surface area contributed by atoms with Crippen molar-refractivity contribution in [2.75, 3.05) is 11.5 Å². The maximum absolute atomic E-state index is 12.4. The molecule has 0 aliphatic carbocycles. The summed E-state index contributed by atoms with van der Waals surface area (Å²) in [5.41, 5.74) is 8.76. The lowest BCUT2D eigenvalue weighted by molar-refractivity contribution is 0.142. The van der Waals surface area contributed by atoms with Crippen LogP contribution in [0.25, 0.3) is 0 Å². The molecule has 0 saturated carbocycles. The highest BCUT2D eigenvalue weighted by molar-refractivity contribution is 7.89. The van der Waals surface area contributed by atoms with E-state index in [-0.39, 0.29) is 5.69 Å². The summed E-state index contributed by atoms with van der Waals surface area (Å²) in [5.74, 6) is 0. The van der Waals surface area contributed by atoms with Crippen LogP contribution in [0.5, 0.6) is 0 Å². The molecule has 0 atom stereocenters. The molecule has 15 heavy (non-hydrogen) atoms. The average Bonchev–Trinajstić information content (AvgIpc) is 2.06. The van der Waals surface area contributed by atoms with E-state index in [4.69, 9.17) is 16.6 Å². The molecule has 1 heterocycles. The van der Waals surface area contributed by atoms with E-state index >= 15 is 0 Å². The van der Waals surface area contributed by atoms with Gasteiger partial charge in [0.15, 0.2) is 0 Å². The Hall–Kier alpha value is -1.48. The van der Waals surface area contributed by atoms with Crippen LogP contribution >= 0.6 is 0 Å². The number of nitrogen functional groups attached to an aromatic ring is 2. The van der Waals surface area contributed by atoms with Crippen LogP contribution < -0.4 is 16.6 Å². The van der Waals surface area contributed by atoms with Crippen LogP contribution in [0.4, 0.5) is 20.2 Å². The molecular weight excluding hydrogens is 230 g/mol. The maximum atomic E-state index is 12.4. The molecule has 6 nitrogen and oxygen atoms in total. The predicted molar refractivity (Wildman–Crippen MR) is 49.4 cm³/mol. The topological polar surface area (TPSA) is 125 Å². The van der Waals surface area contributed by atoms with Gasteiger partial charge < -0.3 is 11.5 Å². The minimum absolute atomic E-state index is 0.219. The van der Waals surface area contributed by atoms with Gasteiger partial charge in [0.2, 0.25) is 10.0 Å². The molecule has 1 aromatic heterocycles. The number of rotatable bonds is 2. The first-order valence-electron chi connectivity index (χ1n) is 3.60. The van der Waals surface area contributed by atoms with Crippen LogP contribution in [0.15, 0.2) is 11.1 Å². The van der Waals surface area contributed by atoms with E-state index in [0.29, 0.717) is 0 Å². The van der Waals surface area contributed by atoms with Gasteiger partial charge in [-0.25, -0.2) is 22.3 Å². The summed E-state index contributed by atoms with van der Waals surface area (Å²) >= 11 is 0. The second kappa shape index (κ2) is 3.59. The van der Waals surface area contributed by atoms with Crippen molar-refractivity contribution in [1.29, 1.82) is 0 Å². The summed E-state index contributed by atoms with van der Waals surface area (Å²) in [7, 11) is -4.38. The molecule has 0 radical (unpaired) electrons. The zero-order valence-corrected chi connectivity index (χ0v) is 8.13. The van der Waals surface area contributed by atoms with Gasteiger partial charge in [0, 0.05) is 0 Å². The Kier molecular flexibility index (Phi) is 2.77. The fraction of sp³-hybridized carbons (Fsp3) is 0.167. The van der Waals surface area contributed by atoms with Gasteiger partial charge in [0.25, 0.3) is 6.43 Å². The van der Waals surface area contributed by atoms with Gasteiger partial charge in [-0.15, -0.1) is 0 Å². The van der Waals surface area contributed by atoms with Crippen molar-refractivity contribution in [2.45, 2.75) is 11.3 Å². The molecule has 0 amide bonds. The van der Waals surface area contributed by atoms with Crippen molar-refractivity contribution in [1.82, 2.24) is 4.98 Å². The van der Waals surface area contributed by atoms with Gasteiger partial charge in [0.1, 0.15) is 10.6 Å². The maximum Gasteiger partial charge on any atom is 0.281 e. The van der Waals surface area contributed by atoms with Gasteiger partial charge in [-0.3, -0.25) is 4.98 Å². The Labute approximate surface area is 84.1 Å².